The molecule has 2 rings (SSSR count). The molecule has 0 aliphatic heterocycles. The Morgan fingerprint density at radius 2 is 1.79 bits per heavy atom. The van der Waals surface area contributed by atoms with Gasteiger partial charge in [-0.05, 0) is 18.2 Å². The fraction of sp³-hybridized carbons (Fsp3) is 0.231. The van der Waals surface area contributed by atoms with E-state index in [0.717, 1.165) is 25.2 Å². The van der Waals surface area contributed by atoms with Crippen molar-refractivity contribution >= 4 is 17.7 Å². The van der Waals surface area contributed by atoms with Crippen LogP contribution in [0.15, 0.2) is 34.2 Å². The molecule has 1 N–H and O–H groups in total. The number of halogens is 6. The summed E-state index contributed by atoms with van der Waals surface area (Å²) in [6.07, 6.45) is -9.63. The maximum absolute atomic E-state index is 12.9. The molecule has 0 aliphatic rings. The molecule has 0 aliphatic carbocycles. The van der Waals surface area contributed by atoms with Crippen LogP contribution in [-0.2, 0) is 19.4 Å². The highest BCUT2D eigenvalue weighted by molar-refractivity contribution is 7.99. The predicted octanol–water partition coefficient (Wildman–Crippen LogP) is 4.31. The van der Waals surface area contributed by atoms with Crippen LogP contribution in [0, 0.1) is 0 Å². The van der Waals surface area contributed by atoms with Crippen molar-refractivity contribution in [3.8, 4) is 0 Å². The van der Waals surface area contributed by atoms with E-state index in [4.69, 9.17) is 5.11 Å². The van der Waals surface area contributed by atoms with Crippen LogP contribution in [0.5, 0.6) is 0 Å². The van der Waals surface area contributed by atoms with Crippen molar-refractivity contribution in [2.45, 2.75) is 22.3 Å². The third-order valence-corrected chi connectivity index (χ3v) is 4.00. The van der Waals surface area contributed by atoms with Gasteiger partial charge in [-0.2, -0.15) is 31.4 Å². The van der Waals surface area contributed by atoms with Crippen LogP contribution in [0.4, 0.5) is 26.3 Å². The van der Waals surface area contributed by atoms with Crippen LogP contribution < -0.4 is 0 Å². The molecule has 0 bridgehead atoms. The van der Waals surface area contributed by atoms with Crippen molar-refractivity contribution in [2.24, 2.45) is 7.05 Å². The number of carbonyl (C=O) groups is 1. The highest BCUT2D eigenvalue weighted by atomic mass is 32.2. The Morgan fingerprint density at radius 3 is 2.29 bits per heavy atom. The van der Waals surface area contributed by atoms with E-state index in [1.54, 1.807) is 0 Å². The molecule has 0 saturated carbocycles. The molecular weight excluding hydrogens is 362 g/mol. The molecule has 24 heavy (non-hydrogen) atoms. The molecule has 2 aromatic rings. The average molecular weight is 370 g/mol. The minimum absolute atomic E-state index is 0.0657. The number of aromatic nitrogens is 2. The minimum atomic E-state index is -5.00. The van der Waals surface area contributed by atoms with Gasteiger partial charge in [0.05, 0.1) is 5.56 Å². The fourth-order valence-electron chi connectivity index (χ4n) is 1.86. The summed E-state index contributed by atoms with van der Waals surface area (Å²) in [5, 5.41) is 11.8. The lowest BCUT2D eigenvalue weighted by Gasteiger charge is -2.09. The first-order chi connectivity index (χ1) is 10.9. The molecule has 0 atom stereocenters. The van der Waals surface area contributed by atoms with Crippen molar-refractivity contribution in [3.63, 3.8) is 0 Å². The summed E-state index contributed by atoms with van der Waals surface area (Å²) in [5.41, 5.74) is -3.71. The molecule has 0 fully saturated rings. The summed E-state index contributed by atoms with van der Waals surface area (Å²) in [6.45, 7) is 0. The second-order valence-electron chi connectivity index (χ2n) is 4.58. The normalized spacial score (nSPS) is 12.5. The third-order valence-electron chi connectivity index (χ3n) is 2.85. The maximum atomic E-state index is 12.9. The van der Waals surface area contributed by atoms with E-state index < -0.39 is 40.2 Å². The van der Waals surface area contributed by atoms with E-state index in [0.29, 0.717) is 16.4 Å². The highest BCUT2D eigenvalue weighted by Crippen LogP contribution is 2.39. The van der Waals surface area contributed by atoms with Crippen LogP contribution in [0.2, 0.25) is 0 Å². The number of alkyl halides is 6. The van der Waals surface area contributed by atoms with E-state index in [2.05, 4.69) is 5.10 Å². The van der Waals surface area contributed by atoms with Gasteiger partial charge in [0, 0.05) is 11.9 Å². The SMILES string of the molecule is Cn1nc(C(F)(F)F)c(C(=O)O)c1Sc1cccc(C(F)(F)F)c1. The van der Waals surface area contributed by atoms with Gasteiger partial charge in [-0.1, -0.05) is 17.8 Å². The molecule has 4 nitrogen and oxygen atoms in total. The standard InChI is InChI=1S/C13H8F6N2O2S/c1-21-10(8(11(22)23)9(20-21)13(17,18)19)24-7-4-2-3-6(5-7)12(14,15)16/h2-5H,1H3,(H,22,23). The van der Waals surface area contributed by atoms with E-state index in [9.17, 15) is 31.1 Å². The van der Waals surface area contributed by atoms with Crippen LogP contribution >= 0.6 is 11.8 Å². The number of hydrogen-bond acceptors (Lipinski definition) is 3. The molecular formula is C13H8F6N2O2S. The van der Waals surface area contributed by atoms with Gasteiger partial charge in [0.15, 0.2) is 5.69 Å². The van der Waals surface area contributed by atoms with E-state index >= 15 is 0 Å². The molecule has 11 heteroatoms. The number of hydrogen-bond donors (Lipinski definition) is 1. The smallest absolute Gasteiger partial charge is 0.436 e. The zero-order valence-corrected chi connectivity index (χ0v) is 12.6. The molecule has 0 saturated heterocycles. The van der Waals surface area contributed by atoms with Crippen molar-refractivity contribution in [2.75, 3.05) is 0 Å². The van der Waals surface area contributed by atoms with Gasteiger partial charge in [0.25, 0.3) is 0 Å². The van der Waals surface area contributed by atoms with Crippen molar-refractivity contribution < 1.29 is 36.2 Å². The van der Waals surface area contributed by atoms with Gasteiger partial charge in [-0.25, -0.2) is 4.79 Å². The molecule has 0 spiro atoms. The number of carboxylic acid groups (broad SMARTS) is 1. The van der Waals surface area contributed by atoms with Gasteiger partial charge >= 0.3 is 18.3 Å². The Morgan fingerprint density at radius 1 is 1.17 bits per heavy atom. The Kier molecular flexibility index (Phi) is 4.57. The first-order valence-corrected chi connectivity index (χ1v) is 6.95. The second kappa shape index (κ2) is 6.04. The van der Waals surface area contributed by atoms with E-state index in [-0.39, 0.29) is 4.90 Å². The number of carboxylic acids is 1. The van der Waals surface area contributed by atoms with E-state index in [1.807, 2.05) is 0 Å². The quantitative estimate of drug-likeness (QED) is 0.819. The summed E-state index contributed by atoms with van der Waals surface area (Å²) >= 11 is 0.456. The Balaban J connectivity index is 2.51. The zero-order valence-electron chi connectivity index (χ0n) is 11.7. The molecule has 1 aromatic carbocycles. The van der Waals surface area contributed by atoms with Crippen LogP contribution in [0.25, 0.3) is 0 Å². The zero-order chi connectivity index (χ0) is 18.3. The van der Waals surface area contributed by atoms with Gasteiger partial charge in [0.1, 0.15) is 10.6 Å². The Bertz CT molecular complexity index is 782. The number of aromatic carboxylic acids is 1. The summed E-state index contributed by atoms with van der Waals surface area (Å²) in [6, 6.07) is 3.82. The van der Waals surface area contributed by atoms with Crippen molar-refractivity contribution in [1.82, 2.24) is 9.78 Å². The Labute approximate surface area is 135 Å². The predicted molar refractivity (Wildman–Crippen MR) is 70.7 cm³/mol. The summed E-state index contributed by atoms with van der Waals surface area (Å²) < 4.78 is 77.3. The molecule has 1 aromatic heterocycles. The first kappa shape index (κ1) is 18.2. The lowest BCUT2D eigenvalue weighted by molar-refractivity contribution is -0.142. The van der Waals surface area contributed by atoms with Crippen molar-refractivity contribution in [1.29, 1.82) is 0 Å². The lowest BCUT2D eigenvalue weighted by Crippen LogP contribution is -2.12. The van der Waals surface area contributed by atoms with Gasteiger partial charge in [0.2, 0.25) is 0 Å². The molecule has 130 valence electrons. The molecule has 0 radical (unpaired) electrons. The number of benzene rings is 1. The average Bonchev–Trinajstić information content (AvgIpc) is 2.76. The number of aryl methyl sites for hydroxylation is 1. The van der Waals surface area contributed by atoms with Crippen LogP contribution in [-0.4, -0.2) is 20.9 Å². The van der Waals surface area contributed by atoms with E-state index in [1.165, 1.54) is 6.07 Å². The number of nitrogens with zero attached hydrogens (tertiary/aromatic N) is 2. The number of rotatable bonds is 3. The largest absolute Gasteiger partial charge is 0.478 e. The van der Waals surface area contributed by atoms with Crippen LogP contribution in [0.1, 0.15) is 21.6 Å². The molecule has 1 heterocycles. The molecule has 0 unspecified atom stereocenters. The highest BCUT2D eigenvalue weighted by Gasteiger charge is 2.41. The minimum Gasteiger partial charge on any atom is -0.478 e. The summed E-state index contributed by atoms with van der Waals surface area (Å²) in [4.78, 5) is 11.1. The second-order valence-corrected chi connectivity index (χ2v) is 5.65. The third kappa shape index (κ3) is 3.66. The van der Waals surface area contributed by atoms with Crippen LogP contribution in [0.3, 0.4) is 0 Å². The summed E-state index contributed by atoms with van der Waals surface area (Å²) in [5.74, 6) is -1.87. The fourth-order valence-corrected chi connectivity index (χ4v) is 2.88. The topological polar surface area (TPSA) is 55.1 Å². The monoisotopic (exact) mass is 370 g/mol. The maximum Gasteiger partial charge on any atom is 0.436 e. The summed E-state index contributed by atoms with van der Waals surface area (Å²) in [7, 11) is 1.08. The van der Waals surface area contributed by atoms with Gasteiger partial charge < -0.3 is 5.11 Å². The Hall–Kier alpha value is -2.17. The lowest BCUT2D eigenvalue weighted by atomic mass is 10.2. The van der Waals surface area contributed by atoms with Gasteiger partial charge in [-0.15, -0.1) is 0 Å². The molecule has 0 amide bonds. The van der Waals surface area contributed by atoms with Gasteiger partial charge in [-0.3, -0.25) is 4.68 Å². The van der Waals surface area contributed by atoms with Crippen molar-refractivity contribution in [3.05, 3.63) is 41.1 Å². The first-order valence-electron chi connectivity index (χ1n) is 6.14.